The smallest absolute Gasteiger partial charge is 0.253 e. The van der Waals surface area contributed by atoms with E-state index < -0.39 is 12.1 Å². The SMILES string of the molecule is CC(C)C(NC(=O)c1ccccc1Cl)C(=O)NC(c1ccccc1)c1ccccn1. The minimum atomic E-state index is -0.733. The van der Waals surface area contributed by atoms with Gasteiger partial charge in [0.1, 0.15) is 6.04 Å². The van der Waals surface area contributed by atoms with Crippen LogP contribution in [0.2, 0.25) is 5.02 Å². The molecule has 0 bridgehead atoms. The Morgan fingerprint density at radius 3 is 2.17 bits per heavy atom. The molecule has 2 amide bonds. The lowest BCUT2D eigenvalue weighted by molar-refractivity contribution is -0.124. The molecule has 0 radical (unpaired) electrons. The highest BCUT2D eigenvalue weighted by Gasteiger charge is 2.28. The molecule has 0 aliphatic heterocycles. The fraction of sp³-hybridized carbons (Fsp3) is 0.208. The molecule has 0 fully saturated rings. The number of aromatic nitrogens is 1. The Kier molecular flexibility index (Phi) is 7.20. The van der Waals surface area contributed by atoms with Crippen LogP contribution in [-0.2, 0) is 4.79 Å². The molecule has 6 heteroatoms. The van der Waals surface area contributed by atoms with Crippen molar-refractivity contribution >= 4 is 23.4 Å². The first-order valence-electron chi connectivity index (χ1n) is 9.79. The first kappa shape index (κ1) is 21.5. The van der Waals surface area contributed by atoms with Crippen LogP contribution in [0.15, 0.2) is 79.0 Å². The summed E-state index contributed by atoms with van der Waals surface area (Å²) in [5, 5.41) is 6.22. The molecule has 0 saturated heterocycles. The molecule has 1 heterocycles. The van der Waals surface area contributed by atoms with E-state index in [4.69, 9.17) is 11.6 Å². The largest absolute Gasteiger partial charge is 0.342 e. The molecule has 2 unspecified atom stereocenters. The number of carbonyl (C=O) groups is 2. The first-order valence-corrected chi connectivity index (χ1v) is 10.2. The second-order valence-electron chi connectivity index (χ2n) is 7.28. The third-order valence-electron chi connectivity index (χ3n) is 4.76. The molecule has 2 aromatic carbocycles. The minimum absolute atomic E-state index is 0.128. The number of rotatable bonds is 7. The fourth-order valence-corrected chi connectivity index (χ4v) is 3.37. The topological polar surface area (TPSA) is 71.1 Å². The highest BCUT2D eigenvalue weighted by molar-refractivity contribution is 6.33. The second-order valence-corrected chi connectivity index (χ2v) is 7.69. The third-order valence-corrected chi connectivity index (χ3v) is 5.09. The van der Waals surface area contributed by atoms with E-state index >= 15 is 0 Å². The van der Waals surface area contributed by atoms with Crippen LogP contribution in [0.1, 0.15) is 41.5 Å². The zero-order chi connectivity index (χ0) is 21.5. The van der Waals surface area contributed by atoms with Gasteiger partial charge in [-0.3, -0.25) is 14.6 Å². The molecule has 0 saturated carbocycles. The number of benzene rings is 2. The van der Waals surface area contributed by atoms with Crippen molar-refractivity contribution in [3.63, 3.8) is 0 Å². The monoisotopic (exact) mass is 421 g/mol. The summed E-state index contributed by atoms with van der Waals surface area (Å²) >= 11 is 6.14. The van der Waals surface area contributed by atoms with Crippen LogP contribution in [-0.4, -0.2) is 22.8 Å². The first-order chi connectivity index (χ1) is 14.5. The lowest BCUT2D eigenvalue weighted by Crippen LogP contribution is -2.50. The zero-order valence-electron chi connectivity index (χ0n) is 16.9. The Hall–Kier alpha value is -3.18. The molecule has 3 rings (SSSR count). The quantitative estimate of drug-likeness (QED) is 0.594. The Morgan fingerprint density at radius 1 is 0.867 bits per heavy atom. The van der Waals surface area contributed by atoms with Crippen molar-refractivity contribution in [1.29, 1.82) is 0 Å². The Labute approximate surface area is 181 Å². The number of nitrogens with zero attached hydrogens (tertiary/aromatic N) is 1. The predicted octanol–water partition coefficient (Wildman–Crippen LogP) is 4.40. The van der Waals surface area contributed by atoms with Gasteiger partial charge in [0.25, 0.3) is 5.91 Å². The van der Waals surface area contributed by atoms with Gasteiger partial charge in [0, 0.05) is 6.20 Å². The van der Waals surface area contributed by atoms with Gasteiger partial charge in [-0.2, -0.15) is 0 Å². The van der Waals surface area contributed by atoms with Gasteiger partial charge >= 0.3 is 0 Å². The van der Waals surface area contributed by atoms with Gasteiger partial charge in [-0.1, -0.05) is 74.0 Å². The lowest BCUT2D eigenvalue weighted by atomic mass is 9.99. The van der Waals surface area contributed by atoms with E-state index in [1.54, 1.807) is 30.5 Å². The molecule has 154 valence electrons. The summed E-state index contributed by atoms with van der Waals surface area (Å²) in [4.78, 5) is 30.3. The van der Waals surface area contributed by atoms with E-state index in [-0.39, 0.29) is 17.7 Å². The normalized spacial score (nSPS) is 12.8. The van der Waals surface area contributed by atoms with Gasteiger partial charge in [-0.05, 0) is 35.7 Å². The number of carbonyl (C=O) groups excluding carboxylic acids is 2. The minimum Gasteiger partial charge on any atom is -0.342 e. The van der Waals surface area contributed by atoms with Gasteiger partial charge in [-0.15, -0.1) is 0 Å². The number of nitrogens with one attached hydrogen (secondary N) is 2. The summed E-state index contributed by atoms with van der Waals surface area (Å²) in [6, 6.07) is 20.8. The van der Waals surface area contributed by atoms with E-state index in [2.05, 4.69) is 15.6 Å². The van der Waals surface area contributed by atoms with E-state index in [0.717, 1.165) is 11.3 Å². The van der Waals surface area contributed by atoms with Crippen LogP contribution in [0.4, 0.5) is 0 Å². The fourth-order valence-electron chi connectivity index (χ4n) is 3.15. The predicted molar refractivity (Wildman–Crippen MR) is 118 cm³/mol. The number of hydrogen-bond acceptors (Lipinski definition) is 3. The lowest BCUT2D eigenvalue weighted by Gasteiger charge is -2.26. The van der Waals surface area contributed by atoms with Crippen molar-refractivity contribution < 1.29 is 9.59 Å². The number of halogens is 1. The van der Waals surface area contributed by atoms with E-state index in [9.17, 15) is 9.59 Å². The van der Waals surface area contributed by atoms with Crippen molar-refractivity contribution in [3.05, 3.63) is 101 Å². The summed E-state index contributed by atoms with van der Waals surface area (Å²) in [7, 11) is 0. The van der Waals surface area contributed by atoms with Gasteiger partial charge in [-0.25, -0.2) is 0 Å². The molecule has 0 aliphatic rings. The molecule has 3 aromatic rings. The number of hydrogen-bond donors (Lipinski definition) is 2. The van der Waals surface area contributed by atoms with Gasteiger partial charge in [0.15, 0.2) is 0 Å². The maximum atomic E-state index is 13.2. The van der Waals surface area contributed by atoms with E-state index in [1.165, 1.54) is 0 Å². The Bertz CT molecular complexity index is 954. The number of amides is 2. The van der Waals surface area contributed by atoms with Crippen molar-refractivity contribution in [2.24, 2.45) is 5.92 Å². The molecule has 0 spiro atoms. The highest BCUT2D eigenvalue weighted by atomic mass is 35.5. The summed E-state index contributed by atoms with van der Waals surface area (Å²) < 4.78 is 0. The summed E-state index contributed by atoms with van der Waals surface area (Å²) in [5.74, 6) is -0.801. The van der Waals surface area contributed by atoms with Crippen LogP contribution in [0.5, 0.6) is 0 Å². The van der Waals surface area contributed by atoms with Crippen molar-refractivity contribution in [1.82, 2.24) is 15.6 Å². The average molecular weight is 422 g/mol. The van der Waals surface area contributed by atoms with Crippen molar-refractivity contribution in [3.8, 4) is 0 Å². The van der Waals surface area contributed by atoms with Crippen molar-refractivity contribution in [2.75, 3.05) is 0 Å². The maximum Gasteiger partial charge on any atom is 0.253 e. The molecule has 2 N–H and O–H groups in total. The summed E-state index contributed by atoms with van der Waals surface area (Å²) in [6.45, 7) is 3.77. The Morgan fingerprint density at radius 2 is 1.53 bits per heavy atom. The van der Waals surface area contributed by atoms with Crippen LogP contribution in [0, 0.1) is 5.92 Å². The zero-order valence-corrected chi connectivity index (χ0v) is 17.6. The van der Waals surface area contributed by atoms with Crippen LogP contribution < -0.4 is 10.6 Å². The van der Waals surface area contributed by atoms with Crippen LogP contribution in [0.25, 0.3) is 0 Å². The average Bonchev–Trinajstić information content (AvgIpc) is 2.76. The molecule has 5 nitrogen and oxygen atoms in total. The van der Waals surface area contributed by atoms with Crippen molar-refractivity contribution in [2.45, 2.75) is 25.9 Å². The van der Waals surface area contributed by atoms with E-state index in [0.29, 0.717) is 10.6 Å². The standard InChI is InChI=1S/C24H24ClN3O2/c1-16(2)21(27-23(29)18-12-6-7-13-19(18)25)24(30)28-22(17-10-4-3-5-11-17)20-14-8-9-15-26-20/h3-16,21-22H,1-2H3,(H,27,29)(H,28,30). The van der Waals surface area contributed by atoms with Gasteiger partial charge in [0.05, 0.1) is 22.3 Å². The summed E-state index contributed by atoms with van der Waals surface area (Å²) in [5.41, 5.74) is 1.96. The summed E-state index contributed by atoms with van der Waals surface area (Å²) in [6.07, 6.45) is 1.69. The van der Waals surface area contributed by atoms with Gasteiger partial charge in [0.2, 0.25) is 5.91 Å². The van der Waals surface area contributed by atoms with E-state index in [1.807, 2.05) is 62.4 Å². The molecule has 30 heavy (non-hydrogen) atoms. The maximum absolute atomic E-state index is 13.2. The molecule has 0 aliphatic carbocycles. The van der Waals surface area contributed by atoms with Gasteiger partial charge < -0.3 is 10.6 Å². The van der Waals surface area contributed by atoms with Crippen LogP contribution in [0.3, 0.4) is 0 Å². The van der Waals surface area contributed by atoms with Crippen LogP contribution >= 0.6 is 11.6 Å². The molecule has 1 aromatic heterocycles. The molecular weight excluding hydrogens is 398 g/mol. The number of pyridine rings is 1. The highest BCUT2D eigenvalue weighted by Crippen LogP contribution is 2.21. The second kappa shape index (κ2) is 10.0. The third kappa shape index (κ3) is 5.24. The molecular formula is C24H24ClN3O2. The Balaban J connectivity index is 1.83. The molecule has 2 atom stereocenters.